The fourth-order valence-corrected chi connectivity index (χ4v) is 2.16. The third-order valence-corrected chi connectivity index (χ3v) is 3.80. The van der Waals surface area contributed by atoms with E-state index in [0.29, 0.717) is 0 Å². The Labute approximate surface area is 110 Å². The summed E-state index contributed by atoms with van der Waals surface area (Å²) in [6, 6.07) is 4.14. The number of aromatic nitrogens is 3. The minimum Gasteiger partial charge on any atom is -0.236 e. The van der Waals surface area contributed by atoms with Crippen molar-refractivity contribution in [3.05, 3.63) is 39.8 Å². The zero-order valence-electron chi connectivity index (χ0n) is 10.4. The lowest BCUT2D eigenvalue weighted by Gasteiger charge is -2.08. The molecule has 0 N–H and O–H groups in total. The molecule has 0 spiro atoms. The van der Waals surface area contributed by atoms with E-state index in [0.717, 1.165) is 28.8 Å². The molecule has 17 heavy (non-hydrogen) atoms. The second-order valence-electron chi connectivity index (χ2n) is 4.01. The van der Waals surface area contributed by atoms with Crippen molar-refractivity contribution in [2.45, 2.75) is 33.6 Å². The number of hydrogen-bond acceptors (Lipinski definition) is 2. The van der Waals surface area contributed by atoms with Gasteiger partial charge in [0, 0.05) is 11.9 Å². The van der Waals surface area contributed by atoms with Gasteiger partial charge in [0.1, 0.15) is 0 Å². The Bertz CT molecular complexity index is 531. The SMILES string of the molecule is CCc1cc(CC)n(-c2nccc(C)c2Br)n1. The maximum absolute atomic E-state index is 4.60. The van der Waals surface area contributed by atoms with Crippen LogP contribution in [0.15, 0.2) is 22.8 Å². The molecule has 0 aliphatic heterocycles. The number of aryl methyl sites for hydroxylation is 3. The summed E-state index contributed by atoms with van der Waals surface area (Å²) in [5.74, 6) is 0.876. The van der Waals surface area contributed by atoms with E-state index >= 15 is 0 Å². The molecular weight excluding hydrogens is 278 g/mol. The molecule has 90 valence electrons. The van der Waals surface area contributed by atoms with Gasteiger partial charge in [0.25, 0.3) is 0 Å². The Morgan fingerprint density at radius 3 is 2.71 bits per heavy atom. The number of pyridine rings is 1. The molecule has 0 amide bonds. The lowest BCUT2D eigenvalue weighted by molar-refractivity contribution is 0.767. The largest absolute Gasteiger partial charge is 0.236 e. The number of hydrogen-bond donors (Lipinski definition) is 0. The normalized spacial score (nSPS) is 10.8. The van der Waals surface area contributed by atoms with Crippen molar-refractivity contribution in [3.63, 3.8) is 0 Å². The number of halogens is 1. The van der Waals surface area contributed by atoms with Gasteiger partial charge in [-0.1, -0.05) is 13.8 Å². The zero-order chi connectivity index (χ0) is 12.4. The quantitative estimate of drug-likeness (QED) is 0.868. The first-order valence-corrected chi connectivity index (χ1v) is 6.66. The van der Waals surface area contributed by atoms with E-state index in [-0.39, 0.29) is 0 Å². The predicted octanol–water partition coefficient (Wildman–Crippen LogP) is 3.46. The van der Waals surface area contributed by atoms with E-state index in [9.17, 15) is 0 Å². The minimum absolute atomic E-state index is 0.876. The molecule has 0 aromatic carbocycles. The Morgan fingerprint density at radius 1 is 1.29 bits per heavy atom. The molecule has 0 atom stereocenters. The highest BCUT2D eigenvalue weighted by atomic mass is 79.9. The molecular formula is C13H16BrN3. The van der Waals surface area contributed by atoms with Gasteiger partial charge in [0.2, 0.25) is 0 Å². The van der Waals surface area contributed by atoms with Crippen LogP contribution in [0.1, 0.15) is 30.8 Å². The van der Waals surface area contributed by atoms with E-state index in [1.807, 2.05) is 16.9 Å². The van der Waals surface area contributed by atoms with Crippen LogP contribution in [0.3, 0.4) is 0 Å². The lowest BCUT2D eigenvalue weighted by atomic mass is 10.2. The third-order valence-electron chi connectivity index (χ3n) is 2.82. The van der Waals surface area contributed by atoms with E-state index in [1.54, 1.807) is 0 Å². The van der Waals surface area contributed by atoms with Gasteiger partial charge in [-0.05, 0) is 53.4 Å². The summed E-state index contributed by atoms with van der Waals surface area (Å²) < 4.78 is 2.95. The highest BCUT2D eigenvalue weighted by Gasteiger charge is 2.12. The highest BCUT2D eigenvalue weighted by molar-refractivity contribution is 9.10. The lowest BCUT2D eigenvalue weighted by Crippen LogP contribution is -2.05. The summed E-state index contributed by atoms with van der Waals surface area (Å²) in [4.78, 5) is 4.42. The summed E-state index contributed by atoms with van der Waals surface area (Å²) >= 11 is 3.59. The van der Waals surface area contributed by atoms with Gasteiger partial charge in [0.15, 0.2) is 5.82 Å². The Morgan fingerprint density at radius 2 is 2.06 bits per heavy atom. The summed E-state index contributed by atoms with van der Waals surface area (Å²) in [5, 5.41) is 4.60. The van der Waals surface area contributed by atoms with Gasteiger partial charge in [-0.3, -0.25) is 0 Å². The number of rotatable bonds is 3. The van der Waals surface area contributed by atoms with E-state index in [1.165, 1.54) is 11.3 Å². The van der Waals surface area contributed by atoms with Gasteiger partial charge in [0.05, 0.1) is 10.2 Å². The van der Waals surface area contributed by atoms with Crippen molar-refractivity contribution in [3.8, 4) is 5.82 Å². The molecule has 0 saturated carbocycles. The van der Waals surface area contributed by atoms with Gasteiger partial charge in [-0.25, -0.2) is 9.67 Å². The molecule has 0 unspecified atom stereocenters. The molecule has 0 radical (unpaired) electrons. The van der Waals surface area contributed by atoms with Crippen molar-refractivity contribution < 1.29 is 0 Å². The number of nitrogens with zero attached hydrogens (tertiary/aromatic N) is 3. The average Bonchev–Trinajstić information content (AvgIpc) is 2.76. The monoisotopic (exact) mass is 293 g/mol. The van der Waals surface area contributed by atoms with Crippen molar-refractivity contribution in [2.24, 2.45) is 0 Å². The van der Waals surface area contributed by atoms with Crippen LogP contribution in [0.25, 0.3) is 5.82 Å². The van der Waals surface area contributed by atoms with Crippen LogP contribution in [-0.2, 0) is 12.8 Å². The van der Waals surface area contributed by atoms with Crippen LogP contribution in [0.4, 0.5) is 0 Å². The molecule has 0 bridgehead atoms. The Kier molecular flexibility index (Phi) is 3.62. The van der Waals surface area contributed by atoms with Gasteiger partial charge in [-0.2, -0.15) is 5.10 Å². The first-order chi connectivity index (χ1) is 8.17. The second kappa shape index (κ2) is 5.00. The van der Waals surface area contributed by atoms with E-state index < -0.39 is 0 Å². The van der Waals surface area contributed by atoms with E-state index in [4.69, 9.17) is 0 Å². The molecule has 2 heterocycles. The van der Waals surface area contributed by atoms with Gasteiger partial charge >= 0.3 is 0 Å². The van der Waals surface area contributed by atoms with Gasteiger partial charge < -0.3 is 0 Å². The third kappa shape index (κ3) is 2.27. The second-order valence-corrected chi connectivity index (χ2v) is 4.80. The predicted molar refractivity (Wildman–Crippen MR) is 72.6 cm³/mol. The molecule has 0 saturated heterocycles. The Balaban J connectivity index is 2.59. The molecule has 2 rings (SSSR count). The summed E-state index contributed by atoms with van der Waals surface area (Å²) in [6.07, 6.45) is 3.72. The van der Waals surface area contributed by atoms with Crippen LogP contribution >= 0.6 is 15.9 Å². The fourth-order valence-electron chi connectivity index (χ4n) is 1.76. The first kappa shape index (κ1) is 12.3. The van der Waals surface area contributed by atoms with Gasteiger partial charge in [-0.15, -0.1) is 0 Å². The Hall–Kier alpha value is -1.16. The minimum atomic E-state index is 0.876. The van der Waals surface area contributed by atoms with Crippen LogP contribution in [0.5, 0.6) is 0 Å². The van der Waals surface area contributed by atoms with Crippen LogP contribution in [0.2, 0.25) is 0 Å². The molecule has 0 aliphatic carbocycles. The topological polar surface area (TPSA) is 30.7 Å². The summed E-state index contributed by atoms with van der Waals surface area (Å²) in [5.41, 5.74) is 3.48. The van der Waals surface area contributed by atoms with Crippen LogP contribution in [-0.4, -0.2) is 14.8 Å². The van der Waals surface area contributed by atoms with Crippen molar-refractivity contribution in [1.29, 1.82) is 0 Å². The fraction of sp³-hybridized carbons (Fsp3) is 0.385. The van der Waals surface area contributed by atoms with Crippen molar-refractivity contribution in [2.75, 3.05) is 0 Å². The molecule has 0 aliphatic rings. The average molecular weight is 294 g/mol. The standard InChI is InChI=1S/C13H16BrN3/c1-4-10-8-11(5-2)17(16-10)13-12(14)9(3)6-7-15-13/h6-8H,4-5H2,1-3H3. The maximum Gasteiger partial charge on any atom is 0.168 e. The van der Waals surface area contributed by atoms with E-state index in [2.05, 4.69) is 52.9 Å². The van der Waals surface area contributed by atoms with Crippen molar-refractivity contribution >= 4 is 15.9 Å². The molecule has 0 fully saturated rings. The molecule has 2 aromatic rings. The highest BCUT2D eigenvalue weighted by Crippen LogP contribution is 2.23. The zero-order valence-corrected chi connectivity index (χ0v) is 12.0. The first-order valence-electron chi connectivity index (χ1n) is 5.86. The van der Waals surface area contributed by atoms with Crippen LogP contribution in [0, 0.1) is 6.92 Å². The summed E-state index contributed by atoms with van der Waals surface area (Å²) in [7, 11) is 0. The van der Waals surface area contributed by atoms with Crippen molar-refractivity contribution in [1.82, 2.24) is 14.8 Å². The van der Waals surface area contributed by atoms with Crippen LogP contribution < -0.4 is 0 Å². The molecule has 4 heteroatoms. The molecule has 2 aromatic heterocycles. The smallest absolute Gasteiger partial charge is 0.168 e. The summed E-state index contributed by atoms with van der Waals surface area (Å²) in [6.45, 7) is 6.31. The maximum atomic E-state index is 4.60. The molecule has 3 nitrogen and oxygen atoms in total.